The molecule has 0 saturated carbocycles. The molecule has 0 aliphatic carbocycles. The number of benzene rings is 1. The number of pyridine rings is 1. The summed E-state index contributed by atoms with van der Waals surface area (Å²) in [6.45, 7) is 1.72. The standard InChI is InChI=1S/C14H14ClN3O2/c1-9(19)18-11-4-2-3-5-12(11)20-14-13(15)10(8-16)6-7-17-14/h2-7H,8,16H2,1H3,(H,18,19). The van der Waals surface area contributed by atoms with Crippen LogP contribution in [0, 0.1) is 0 Å². The Kier molecular flexibility index (Phi) is 4.55. The summed E-state index contributed by atoms with van der Waals surface area (Å²) in [7, 11) is 0. The second-order valence-corrected chi connectivity index (χ2v) is 4.45. The highest BCUT2D eigenvalue weighted by Crippen LogP contribution is 2.33. The predicted molar refractivity (Wildman–Crippen MR) is 78.0 cm³/mol. The summed E-state index contributed by atoms with van der Waals surface area (Å²) in [6.07, 6.45) is 1.57. The molecule has 0 aliphatic heterocycles. The van der Waals surface area contributed by atoms with Gasteiger partial charge in [0.2, 0.25) is 11.8 Å². The first-order valence-electron chi connectivity index (χ1n) is 5.99. The molecule has 3 N–H and O–H groups in total. The van der Waals surface area contributed by atoms with Crippen LogP contribution in [0.25, 0.3) is 0 Å². The summed E-state index contributed by atoms with van der Waals surface area (Å²) >= 11 is 6.16. The Labute approximate surface area is 121 Å². The minimum atomic E-state index is -0.184. The largest absolute Gasteiger partial charge is 0.435 e. The van der Waals surface area contributed by atoms with Crippen LogP contribution in [0.2, 0.25) is 5.02 Å². The lowest BCUT2D eigenvalue weighted by molar-refractivity contribution is -0.114. The Balaban J connectivity index is 2.33. The summed E-state index contributed by atoms with van der Waals surface area (Å²) in [5.74, 6) is 0.537. The number of carbonyl (C=O) groups excluding carboxylic acids is 1. The van der Waals surface area contributed by atoms with E-state index in [1.807, 2.05) is 0 Å². The Bertz CT molecular complexity index is 632. The van der Waals surface area contributed by atoms with Gasteiger partial charge in [-0.05, 0) is 23.8 Å². The van der Waals surface area contributed by atoms with Crippen LogP contribution in [0.4, 0.5) is 5.69 Å². The lowest BCUT2D eigenvalue weighted by atomic mass is 10.2. The van der Waals surface area contributed by atoms with Gasteiger partial charge in [-0.15, -0.1) is 0 Å². The molecular weight excluding hydrogens is 278 g/mol. The number of amides is 1. The van der Waals surface area contributed by atoms with Crippen LogP contribution < -0.4 is 15.8 Å². The van der Waals surface area contributed by atoms with Gasteiger partial charge >= 0.3 is 0 Å². The fourth-order valence-corrected chi connectivity index (χ4v) is 1.87. The van der Waals surface area contributed by atoms with Crippen LogP contribution in [-0.2, 0) is 11.3 Å². The van der Waals surface area contributed by atoms with Crippen LogP contribution in [0.1, 0.15) is 12.5 Å². The minimum Gasteiger partial charge on any atom is -0.435 e. The van der Waals surface area contributed by atoms with Crippen LogP contribution in [0.5, 0.6) is 11.6 Å². The van der Waals surface area contributed by atoms with Gasteiger partial charge in [-0.25, -0.2) is 4.98 Å². The fourth-order valence-electron chi connectivity index (χ4n) is 1.64. The second kappa shape index (κ2) is 6.36. The molecule has 6 heteroatoms. The molecule has 0 bridgehead atoms. The van der Waals surface area contributed by atoms with E-state index in [-0.39, 0.29) is 11.8 Å². The third kappa shape index (κ3) is 3.26. The first kappa shape index (κ1) is 14.3. The van der Waals surface area contributed by atoms with Gasteiger partial charge in [0.05, 0.1) is 5.69 Å². The predicted octanol–water partition coefficient (Wildman–Crippen LogP) is 2.94. The van der Waals surface area contributed by atoms with E-state index in [2.05, 4.69) is 10.3 Å². The molecule has 0 fully saturated rings. The zero-order valence-electron chi connectivity index (χ0n) is 10.9. The number of hydrogen-bond donors (Lipinski definition) is 2. The van der Waals surface area contributed by atoms with Crippen molar-refractivity contribution in [2.45, 2.75) is 13.5 Å². The molecule has 0 aliphatic rings. The maximum absolute atomic E-state index is 11.2. The van der Waals surface area contributed by atoms with Crippen molar-refractivity contribution in [2.75, 3.05) is 5.32 Å². The number of aromatic nitrogens is 1. The summed E-state index contributed by atoms with van der Waals surface area (Å²) in [6, 6.07) is 8.77. The topological polar surface area (TPSA) is 77.2 Å². The van der Waals surface area contributed by atoms with Gasteiger partial charge < -0.3 is 15.8 Å². The SMILES string of the molecule is CC(=O)Nc1ccccc1Oc1nccc(CN)c1Cl. The number of halogens is 1. The van der Waals surface area contributed by atoms with E-state index >= 15 is 0 Å². The maximum atomic E-state index is 11.2. The quantitative estimate of drug-likeness (QED) is 0.908. The van der Waals surface area contributed by atoms with Crippen molar-refractivity contribution in [1.82, 2.24) is 4.98 Å². The first-order valence-corrected chi connectivity index (χ1v) is 6.37. The van der Waals surface area contributed by atoms with Gasteiger partial charge in [-0.1, -0.05) is 23.7 Å². The summed E-state index contributed by atoms with van der Waals surface area (Å²) in [5.41, 5.74) is 6.88. The number of hydrogen-bond acceptors (Lipinski definition) is 4. The van der Waals surface area contributed by atoms with Crippen molar-refractivity contribution >= 4 is 23.2 Å². The number of ether oxygens (including phenoxy) is 1. The van der Waals surface area contributed by atoms with E-state index in [0.29, 0.717) is 23.0 Å². The van der Waals surface area contributed by atoms with Gasteiger partial charge in [-0.3, -0.25) is 4.79 Å². The third-order valence-corrected chi connectivity index (χ3v) is 2.97. The molecule has 5 nitrogen and oxygen atoms in total. The summed E-state index contributed by atoms with van der Waals surface area (Å²) in [4.78, 5) is 15.2. The lowest BCUT2D eigenvalue weighted by Gasteiger charge is -2.12. The molecule has 2 aromatic rings. The smallest absolute Gasteiger partial charge is 0.238 e. The number of nitrogens with two attached hydrogens (primary N) is 1. The molecule has 0 spiro atoms. The zero-order chi connectivity index (χ0) is 14.5. The van der Waals surface area contributed by atoms with Gasteiger partial charge in [-0.2, -0.15) is 0 Å². The minimum absolute atomic E-state index is 0.184. The highest BCUT2D eigenvalue weighted by atomic mass is 35.5. The van der Waals surface area contributed by atoms with E-state index < -0.39 is 0 Å². The summed E-state index contributed by atoms with van der Waals surface area (Å²) in [5, 5.41) is 3.05. The molecule has 1 aromatic heterocycles. The van der Waals surface area contributed by atoms with Gasteiger partial charge in [0, 0.05) is 19.7 Å². The lowest BCUT2D eigenvalue weighted by Crippen LogP contribution is -2.07. The Morgan fingerprint density at radius 1 is 1.40 bits per heavy atom. The monoisotopic (exact) mass is 291 g/mol. The van der Waals surface area contributed by atoms with Crippen molar-refractivity contribution in [3.63, 3.8) is 0 Å². The van der Waals surface area contributed by atoms with E-state index in [9.17, 15) is 4.79 Å². The van der Waals surface area contributed by atoms with Crippen LogP contribution in [-0.4, -0.2) is 10.9 Å². The fraction of sp³-hybridized carbons (Fsp3) is 0.143. The number of nitrogens with one attached hydrogen (secondary N) is 1. The Hall–Kier alpha value is -2.11. The van der Waals surface area contributed by atoms with Crippen LogP contribution >= 0.6 is 11.6 Å². The van der Waals surface area contributed by atoms with Crippen LogP contribution in [0.15, 0.2) is 36.5 Å². The molecule has 0 atom stereocenters. The van der Waals surface area contributed by atoms with Crippen molar-refractivity contribution in [3.05, 3.63) is 47.1 Å². The van der Waals surface area contributed by atoms with E-state index in [1.54, 1.807) is 36.5 Å². The molecule has 0 saturated heterocycles. The van der Waals surface area contributed by atoms with Crippen molar-refractivity contribution in [3.8, 4) is 11.6 Å². The molecule has 0 unspecified atom stereocenters. The number of nitrogens with zero attached hydrogens (tertiary/aromatic N) is 1. The van der Waals surface area contributed by atoms with E-state index in [1.165, 1.54) is 6.92 Å². The average molecular weight is 292 g/mol. The summed E-state index contributed by atoms with van der Waals surface area (Å²) < 4.78 is 5.67. The maximum Gasteiger partial charge on any atom is 0.238 e. The number of anilines is 1. The van der Waals surface area contributed by atoms with Crippen molar-refractivity contribution < 1.29 is 9.53 Å². The molecule has 104 valence electrons. The molecule has 20 heavy (non-hydrogen) atoms. The van der Waals surface area contributed by atoms with Gasteiger partial charge in [0.1, 0.15) is 5.02 Å². The molecule has 1 heterocycles. The molecule has 1 aromatic carbocycles. The van der Waals surface area contributed by atoms with Gasteiger partial charge in [0.15, 0.2) is 5.75 Å². The van der Waals surface area contributed by atoms with Gasteiger partial charge in [0.25, 0.3) is 0 Å². The Morgan fingerprint density at radius 2 is 2.15 bits per heavy atom. The number of rotatable bonds is 4. The molecule has 1 amide bonds. The van der Waals surface area contributed by atoms with E-state index in [4.69, 9.17) is 22.1 Å². The van der Waals surface area contributed by atoms with Crippen LogP contribution in [0.3, 0.4) is 0 Å². The molecular formula is C14H14ClN3O2. The number of para-hydroxylation sites is 2. The highest BCUT2D eigenvalue weighted by molar-refractivity contribution is 6.32. The number of carbonyl (C=O) groups is 1. The van der Waals surface area contributed by atoms with Crippen molar-refractivity contribution in [1.29, 1.82) is 0 Å². The highest BCUT2D eigenvalue weighted by Gasteiger charge is 2.11. The second-order valence-electron chi connectivity index (χ2n) is 4.07. The average Bonchev–Trinajstić information content (AvgIpc) is 2.42. The Morgan fingerprint density at radius 3 is 2.85 bits per heavy atom. The van der Waals surface area contributed by atoms with Crippen molar-refractivity contribution in [2.24, 2.45) is 5.73 Å². The third-order valence-electron chi connectivity index (χ3n) is 2.56. The molecule has 0 radical (unpaired) electrons. The zero-order valence-corrected chi connectivity index (χ0v) is 11.6. The normalized spacial score (nSPS) is 10.2. The molecule has 2 rings (SSSR count). The van der Waals surface area contributed by atoms with E-state index in [0.717, 1.165) is 5.56 Å². The first-order chi connectivity index (χ1) is 9.61.